The fourth-order valence-electron chi connectivity index (χ4n) is 4.34. The number of anilines is 1. The number of likely N-dealkylation sites (tertiary alicyclic amines) is 1. The van der Waals surface area contributed by atoms with Gasteiger partial charge >= 0.3 is 0 Å². The van der Waals surface area contributed by atoms with Crippen molar-refractivity contribution in [2.75, 3.05) is 38.2 Å². The SMILES string of the molecule is C=C(/C=C(/c1cccc(O)c1)N(C)c1ccc(O)cc1)c1ccc(OCCN2CCCCC2)cc1. The van der Waals surface area contributed by atoms with Gasteiger partial charge in [-0.2, -0.15) is 0 Å². The summed E-state index contributed by atoms with van der Waals surface area (Å²) in [5.74, 6) is 1.27. The highest BCUT2D eigenvalue weighted by Gasteiger charge is 2.13. The maximum Gasteiger partial charge on any atom is 0.119 e. The third-order valence-electron chi connectivity index (χ3n) is 6.40. The van der Waals surface area contributed by atoms with Crippen LogP contribution >= 0.6 is 0 Å². The van der Waals surface area contributed by atoms with Gasteiger partial charge in [0.05, 0.1) is 0 Å². The monoisotopic (exact) mass is 470 g/mol. The molecule has 0 bridgehead atoms. The average molecular weight is 471 g/mol. The fourth-order valence-corrected chi connectivity index (χ4v) is 4.34. The van der Waals surface area contributed by atoms with Crippen LogP contribution in [0.25, 0.3) is 11.3 Å². The van der Waals surface area contributed by atoms with Crippen LogP contribution in [0.4, 0.5) is 5.69 Å². The van der Waals surface area contributed by atoms with Gasteiger partial charge in [-0.05, 0) is 91.7 Å². The van der Waals surface area contributed by atoms with Crippen LogP contribution in [0.1, 0.15) is 30.4 Å². The van der Waals surface area contributed by atoms with Crippen molar-refractivity contribution in [3.8, 4) is 17.2 Å². The summed E-state index contributed by atoms with van der Waals surface area (Å²) >= 11 is 0. The van der Waals surface area contributed by atoms with Gasteiger partial charge in [-0.25, -0.2) is 0 Å². The molecule has 0 unspecified atom stereocenters. The minimum Gasteiger partial charge on any atom is -0.508 e. The first kappa shape index (κ1) is 24.4. The minimum atomic E-state index is 0.198. The quantitative estimate of drug-likeness (QED) is 0.367. The number of nitrogens with zero attached hydrogens (tertiary/aromatic N) is 2. The van der Waals surface area contributed by atoms with Crippen molar-refractivity contribution in [3.05, 3.63) is 96.6 Å². The van der Waals surface area contributed by atoms with E-state index in [1.165, 1.54) is 32.4 Å². The van der Waals surface area contributed by atoms with Gasteiger partial charge in [0.25, 0.3) is 0 Å². The zero-order valence-electron chi connectivity index (χ0n) is 20.4. The lowest BCUT2D eigenvalue weighted by atomic mass is 10.0. The molecule has 1 aliphatic heterocycles. The molecule has 0 aromatic heterocycles. The molecule has 1 aliphatic rings. The Morgan fingerprint density at radius 2 is 1.63 bits per heavy atom. The normalized spacial score (nSPS) is 14.5. The van der Waals surface area contributed by atoms with Crippen LogP contribution in [0.5, 0.6) is 17.2 Å². The van der Waals surface area contributed by atoms with Crippen LogP contribution in [-0.2, 0) is 0 Å². The van der Waals surface area contributed by atoms with E-state index in [0.717, 1.165) is 40.4 Å². The molecule has 182 valence electrons. The average Bonchev–Trinajstić information content (AvgIpc) is 2.88. The first-order valence-electron chi connectivity index (χ1n) is 12.2. The number of phenolic OH excluding ortho intramolecular Hbond substituents is 2. The number of rotatable bonds is 9. The maximum absolute atomic E-state index is 10.1. The smallest absolute Gasteiger partial charge is 0.119 e. The van der Waals surface area contributed by atoms with Crippen molar-refractivity contribution in [3.63, 3.8) is 0 Å². The lowest BCUT2D eigenvalue weighted by molar-refractivity contribution is 0.183. The third-order valence-corrected chi connectivity index (χ3v) is 6.40. The van der Waals surface area contributed by atoms with Gasteiger partial charge in [0.1, 0.15) is 23.9 Å². The molecule has 0 spiro atoms. The number of hydrogen-bond acceptors (Lipinski definition) is 5. The lowest BCUT2D eigenvalue weighted by Crippen LogP contribution is -2.33. The van der Waals surface area contributed by atoms with Crippen molar-refractivity contribution in [2.45, 2.75) is 19.3 Å². The predicted molar refractivity (Wildman–Crippen MR) is 144 cm³/mol. The molecule has 5 heteroatoms. The summed E-state index contributed by atoms with van der Waals surface area (Å²) in [6.07, 6.45) is 5.93. The summed E-state index contributed by atoms with van der Waals surface area (Å²) in [6.45, 7) is 8.31. The van der Waals surface area contributed by atoms with Crippen LogP contribution in [0.2, 0.25) is 0 Å². The van der Waals surface area contributed by atoms with E-state index in [-0.39, 0.29) is 11.5 Å². The van der Waals surface area contributed by atoms with Crippen LogP contribution in [-0.4, -0.2) is 48.4 Å². The Hall–Kier alpha value is -3.70. The van der Waals surface area contributed by atoms with Crippen molar-refractivity contribution >= 4 is 17.0 Å². The lowest BCUT2D eigenvalue weighted by Gasteiger charge is -2.26. The summed E-state index contributed by atoms with van der Waals surface area (Å²) in [7, 11) is 1.95. The molecule has 0 saturated carbocycles. The number of hydrogen-bond donors (Lipinski definition) is 2. The van der Waals surface area contributed by atoms with Gasteiger partial charge in [0.2, 0.25) is 0 Å². The minimum absolute atomic E-state index is 0.198. The van der Waals surface area contributed by atoms with E-state index in [1.807, 2.05) is 66.6 Å². The van der Waals surface area contributed by atoms with Gasteiger partial charge in [0, 0.05) is 30.5 Å². The molecule has 3 aromatic rings. The predicted octanol–water partition coefficient (Wildman–Crippen LogP) is 6.15. The second kappa shape index (κ2) is 11.6. The summed E-state index contributed by atoms with van der Waals surface area (Å²) in [5, 5.41) is 19.7. The highest BCUT2D eigenvalue weighted by molar-refractivity contribution is 5.88. The standard InChI is InChI=1S/C30H34N2O3/c1-23(24-9-15-29(16-10-24)35-20-19-32-17-4-3-5-18-32)21-30(25-7-6-8-28(34)22-25)31(2)26-11-13-27(33)14-12-26/h6-16,21-22,33-34H,1,3-5,17-20H2,2H3/b30-21-. The van der Waals surface area contributed by atoms with Gasteiger partial charge in [-0.15, -0.1) is 0 Å². The van der Waals surface area contributed by atoms with Crippen molar-refractivity contribution < 1.29 is 14.9 Å². The third kappa shape index (κ3) is 6.67. The Morgan fingerprint density at radius 1 is 0.914 bits per heavy atom. The Kier molecular flexibility index (Phi) is 8.11. The van der Waals surface area contributed by atoms with E-state index >= 15 is 0 Å². The van der Waals surface area contributed by atoms with Gasteiger partial charge in [0.15, 0.2) is 0 Å². The van der Waals surface area contributed by atoms with Gasteiger partial charge in [-0.3, -0.25) is 4.90 Å². The molecule has 35 heavy (non-hydrogen) atoms. The highest BCUT2D eigenvalue weighted by Crippen LogP contribution is 2.31. The second-order valence-corrected chi connectivity index (χ2v) is 8.96. The molecular formula is C30H34N2O3. The summed E-state index contributed by atoms with van der Waals surface area (Å²) < 4.78 is 5.97. The van der Waals surface area contributed by atoms with E-state index in [9.17, 15) is 10.2 Å². The molecule has 3 aromatic carbocycles. The fraction of sp³-hybridized carbons (Fsp3) is 0.267. The molecule has 0 atom stereocenters. The van der Waals surface area contributed by atoms with E-state index < -0.39 is 0 Å². The number of phenols is 2. The van der Waals surface area contributed by atoms with E-state index in [4.69, 9.17) is 4.74 Å². The zero-order valence-corrected chi connectivity index (χ0v) is 20.4. The molecule has 1 fully saturated rings. The van der Waals surface area contributed by atoms with Gasteiger partial charge in [-0.1, -0.05) is 37.3 Å². The Bertz CT molecular complexity index is 1150. The van der Waals surface area contributed by atoms with Crippen LogP contribution in [0.15, 0.2) is 85.5 Å². The molecular weight excluding hydrogens is 436 g/mol. The molecule has 5 nitrogen and oxygen atoms in total. The zero-order chi connectivity index (χ0) is 24.6. The van der Waals surface area contributed by atoms with E-state index in [0.29, 0.717) is 6.61 Å². The van der Waals surface area contributed by atoms with Crippen LogP contribution < -0.4 is 9.64 Å². The number of ether oxygens (including phenoxy) is 1. The van der Waals surface area contributed by atoms with Crippen molar-refractivity contribution in [1.29, 1.82) is 0 Å². The Balaban J connectivity index is 1.49. The van der Waals surface area contributed by atoms with E-state index in [2.05, 4.69) is 11.5 Å². The number of benzene rings is 3. The highest BCUT2D eigenvalue weighted by atomic mass is 16.5. The van der Waals surface area contributed by atoms with Gasteiger partial charge < -0.3 is 19.8 Å². The first-order valence-corrected chi connectivity index (χ1v) is 12.2. The molecule has 1 heterocycles. The molecule has 4 rings (SSSR count). The molecule has 0 aliphatic carbocycles. The van der Waals surface area contributed by atoms with Crippen molar-refractivity contribution in [1.82, 2.24) is 4.90 Å². The topological polar surface area (TPSA) is 56.2 Å². The largest absolute Gasteiger partial charge is 0.508 e. The first-order chi connectivity index (χ1) is 17.0. The second-order valence-electron chi connectivity index (χ2n) is 8.96. The molecule has 2 N–H and O–H groups in total. The van der Waals surface area contributed by atoms with Crippen LogP contribution in [0.3, 0.4) is 0 Å². The maximum atomic E-state index is 10.1. The summed E-state index contributed by atoms with van der Waals surface area (Å²) in [4.78, 5) is 4.48. The number of aromatic hydroxyl groups is 2. The Morgan fingerprint density at radius 3 is 2.31 bits per heavy atom. The molecule has 1 saturated heterocycles. The molecule has 0 amide bonds. The number of piperidine rings is 1. The summed E-state index contributed by atoms with van der Waals surface area (Å²) in [6, 6.07) is 22.2. The van der Waals surface area contributed by atoms with Crippen molar-refractivity contribution in [2.24, 2.45) is 0 Å². The molecule has 0 radical (unpaired) electrons. The summed E-state index contributed by atoms with van der Waals surface area (Å²) in [5.41, 5.74) is 4.47. The van der Waals surface area contributed by atoms with Crippen LogP contribution in [0, 0.1) is 0 Å². The Labute approximate surface area is 208 Å². The van der Waals surface area contributed by atoms with E-state index in [1.54, 1.807) is 24.3 Å². The number of allylic oxidation sites excluding steroid dienone is 2.